The summed E-state index contributed by atoms with van der Waals surface area (Å²) in [5, 5.41) is 9.83. The highest BCUT2D eigenvalue weighted by molar-refractivity contribution is 5.85. The lowest BCUT2D eigenvalue weighted by atomic mass is 10.0. The molecule has 0 aromatic heterocycles. The summed E-state index contributed by atoms with van der Waals surface area (Å²) in [5.74, 6) is -2.21. The molecule has 8 heteroatoms. The lowest BCUT2D eigenvalue weighted by Gasteiger charge is -2.30. The Kier molecular flexibility index (Phi) is 4.04. The smallest absolute Gasteiger partial charge is 0.422 e. The lowest BCUT2D eigenvalue weighted by Crippen LogP contribution is -2.62. The minimum Gasteiger partial charge on any atom is -0.479 e. The van der Waals surface area contributed by atoms with Crippen molar-refractivity contribution >= 4 is 12.1 Å². The molecule has 0 aromatic carbocycles. The minimum atomic E-state index is -5.13. The zero-order valence-corrected chi connectivity index (χ0v) is 9.81. The Labute approximate surface area is 95.9 Å². The number of aliphatic carboxylic acids is 1. The number of nitrogens with one attached hydrogen (secondary N) is 1. The molecule has 1 amide bonds. The molecule has 0 bridgehead atoms. The number of halogens is 3. The number of carbonyl (C=O) groups excluding carboxylic acids is 1. The molecule has 0 fully saturated rings. The van der Waals surface area contributed by atoms with Gasteiger partial charge in [0, 0.05) is 0 Å². The molecule has 17 heavy (non-hydrogen) atoms. The van der Waals surface area contributed by atoms with Gasteiger partial charge in [-0.05, 0) is 27.7 Å². The van der Waals surface area contributed by atoms with E-state index in [2.05, 4.69) is 4.74 Å². The molecule has 100 valence electrons. The number of carboxylic acid groups (broad SMARTS) is 1. The number of rotatable bonds is 2. The van der Waals surface area contributed by atoms with E-state index in [0.29, 0.717) is 6.92 Å². The van der Waals surface area contributed by atoms with Crippen molar-refractivity contribution in [3.8, 4) is 0 Å². The van der Waals surface area contributed by atoms with Gasteiger partial charge in [0.1, 0.15) is 5.60 Å². The van der Waals surface area contributed by atoms with Crippen LogP contribution in [0.4, 0.5) is 18.0 Å². The van der Waals surface area contributed by atoms with Crippen LogP contribution in [-0.4, -0.2) is 34.5 Å². The van der Waals surface area contributed by atoms with Gasteiger partial charge in [-0.2, -0.15) is 13.2 Å². The van der Waals surface area contributed by atoms with Crippen molar-refractivity contribution in [2.24, 2.45) is 0 Å². The van der Waals surface area contributed by atoms with Gasteiger partial charge in [0.05, 0.1) is 0 Å². The summed E-state index contributed by atoms with van der Waals surface area (Å²) in [6, 6.07) is 0. The third-order valence-corrected chi connectivity index (χ3v) is 1.75. The number of hydrogen-bond acceptors (Lipinski definition) is 3. The van der Waals surface area contributed by atoms with E-state index in [-0.39, 0.29) is 0 Å². The number of hydrogen-bond donors (Lipinski definition) is 2. The molecule has 0 aromatic rings. The molecule has 0 radical (unpaired) electrons. The van der Waals surface area contributed by atoms with Crippen LogP contribution in [0.15, 0.2) is 0 Å². The van der Waals surface area contributed by atoms with E-state index in [1.165, 1.54) is 26.1 Å². The molecule has 2 N–H and O–H groups in total. The molecule has 0 aliphatic carbocycles. The van der Waals surface area contributed by atoms with E-state index in [4.69, 9.17) is 5.11 Å². The zero-order valence-electron chi connectivity index (χ0n) is 9.81. The van der Waals surface area contributed by atoms with E-state index in [9.17, 15) is 22.8 Å². The molecule has 0 saturated carbocycles. The molecule has 1 atom stereocenters. The van der Waals surface area contributed by atoms with Gasteiger partial charge in [0.2, 0.25) is 5.54 Å². The maximum Gasteiger partial charge on any atom is 0.422 e. The molecule has 0 heterocycles. The van der Waals surface area contributed by atoms with Crippen molar-refractivity contribution in [1.82, 2.24) is 5.32 Å². The van der Waals surface area contributed by atoms with Crippen LogP contribution < -0.4 is 5.32 Å². The SMILES string of the molecule is CC(C)(C)OC(=O)N[C@@](C)(C(=O)O)C(F)(F)F. The predicted octanol–water partition coefficient (Wildman–Crippen LogP) is 1.92. The van der Waals surface area contributed by atoms with Crippen LogP contribution in [0, 0.1) is 0 Å². The molecule has 0 unspecified atom stereocenters. The van der Waals surface area contributed by atoms with Crippen molar-refractivity contribution in [3.05, 3.63) is 0 Å². The summed E-state index contributed by atoms with van der Waals surface area (Å²) >= 11 is 0. The second kappa shape index (κ2) is 4.42. The summed E-state index contributed by atoms with van der Waals surface area (Å²) in [7, 11) is 0. The number of carboxylic acids is 1. The fourth-order valence-corrected chi connectivity index (χ4v) is 0.753. The second-order valence-corrected chi connectivity index (χ2v) is 4.55. The van der Waals surface area contributed by atoms with Crippen LogP contribution in [0.3, 0.4) is 0 Å². The number of amides is 1. The van der Waals surface area contributed by atoms with Gasteiger partial charge in [-0.3, -0.25) is 5.32 Å². The Morgan fingerprint density at radius 3 is 1.76 bits per heavy atom. The van der Waals surface area contributed by atoms with Crippen LogP contribution >= 0.6 is 0 Å². The summed E-state index contributed by atoms with van der Waals surface area (Å²) in [6.07, 6.45) is -6.57. The molecule has 0 rings (SSSR count). The Hall–Kier alpha value is -1.47. The quantitative estimate of drug-likeness (QED) is 0.792. The number of alkyl carbamates (subject to hydrolysis) is 1. The first kappa shape index (κ1) is 15.5. The van der Waals surface area contributed by atoms with Crippen LogP contribution in [-0.2, 0) is 9.53 Å². The maximum absolute atomic E-state index is 12.5. The van der Waals surface area contributed by atoms with Crippen LogP contribution in [0.2, 0.25) is 0 Å². The first-order valence-corrected chi connectivity index (χ1v) is 4.61. The fourth-order valence-electron chi connectivity index (χ4n) is 0.753. The van der Waals surface area contributed by atoms with Gasteiger partial charge in [-0.1, -0.05) is 0 Å². The molecule has 0 spiro atoms. The maximum atomic E-state index is 12.5. The fraction of sp³-hybridized carbons (Fsp3) is 0.778. The number of carbonyl (C=O) groups is 2. The largest absolute Gasteiger partial charge is 0.479 e. The molecule has 0 aliphatic heterocycles. The number of alkyl halides is 3. The van der Waals surface area contributed by atoms with Crippen molar-refractivity contribution < 1.29 is 32.6 Å². The first-order chi connectivity index (χ1) is 7.29. The van der Waals surface area contributed by atoms with E-state index < -0.39 is 29.4 Å². The van der Waals surface area contributed by atoms with Crippen LogP contribution in [0.5, 0.6) is 0 Å². The molecule has 5 nitrogen and oxygen atoms in total. The first-order valence-electron chi connectivity index (χ1n) is 4.61. The number of ether oxygens (including phenoxy) is 1. The van der Waals surface area contributed by atoms with E-state index >= 15 is 0 Å². The van der Waals surface area contributed by atoms with Gasteiger partial charge in [-0.25, -0.2) is 9.59 Å². The second-order valence-electron chi connectivity index (χ2n) is 4.55. The van der Waals surface area contributed by atoms with Gasteiger partial charge in [0.15, 0.2) is 0 Å². The van der Waals surface area contributed by atoms with Crippen molar-refractivity contribution in [2.45, 2.75) is 45.0 Å². The van der Waals surface area contributed by atoms with Gasteiger partial charge >= 0.3 is 18.2 Å². The molecule has 0 aliphatic rings. The average molecular weight is 257 g/mol. The van der Waals surface area contributed by atoms with Crippen molar-refractivity contribution in [2.75, 3.05) is 0 Å². The Morgan fingerprint density at radius 2 is 1.53 bits per heavy atom. The minimum absolute atomic E-state index is 0.346. The standard InChI is InChI=1S/C9H14F3NO4/c1-7(2,3)17-6(16)13-8(4,5(14)15)9(10,11)12/h1-4H3,(H,13,16)(H,14,15)/t8-/m0/s1. The monoisotopic (exact) mass is 257 g/mol. The summed E-state index contributed by atoms with van der Waals surface area (Å²) in [4.78, 5) is 21.7. The van der Waals surface area contributed by atoms with E-state index in [1.807, 2.05) is 0 Å². The highest BCUT2D eigenvalue weighted by Crippen LogP contribution is 2.30. The lowest BCUT2D eigenvalue weighted by molar-refractivity contribution is -0.204. The van der Waals surface area contributed by atoms with Crippen molar-refractivity contribution in [1.29, 1.82) is 0 Å². The summed E-state index contributed by atoms with van der Waals surface area (Å²) in [5.41, 5.74) is -4.40. The van der Waals surface area contributed by atoms with Gasteiger partial charge in [0.25, 0.3) is 0 Å². The van der Waals surface area contributed by atoms with Gasteiger partial charge < -0.3 is 9.84 Å². The van der Waals surface area contributed by atoms with Crippen LogP contribution in [0.25, 0.3) is 0 Å². The molecule has 0 saturated heterocycles. The topological polar surface area (TPSA) is 75.6 Å². The third kappa shape index (κ3) is 4.12. The Bertz CT molecular complexity index is 321. The highest BCUT2D eigenvalue weighted by atomic mass is 19.4. The third-order valence-electron chi connectivity index (χ3n) is 1.75. The summed E-state index contributed by atoms with van der Waals surface area (Å²) in [6.45, 7) is 4.67. The average Bonchev–Trinajstić information content (AvgIpc) is 1.96. The molecular weight excluding hydrogens is 243 g/mol. The normalized spacial score (nSPS) is 15.9. The van der Waals surface area contributed by atoms with E-state index in [0.717, 1.165) is 0 Å². The predicted molar refractivity (Wildman–Crippen MR) is 51.5 cm³/mol. The van der Waals surface area contributed by atoms with Gasteiger partial charge in [-0.15, -0.1) is 0 Å². The highest BCUT2D eigenvalue weighted by Gasteiger charge is 2.59. The van der Waals surface area contributed by atoms with Crippen LogP contribution in [0.1, 0.15) is 27.7 Å². The Morgan fingerprint density at radius 1 is 1.12 bits per heavy atom. The Balaban J connectivity index is 4.93. The van der Waals surface area contributed by atoms with Crippen molar-refractivity contribution in [3.63, 3.8) is 0 Å². The zero-order chi connectivity index (χ0) is 14.1. The van der Waals surface area contributed by atoms with E-state index in [1.54, 1.807) is 0 Å². The summed E-state index contributed by atoms with van der Waals surface area (Å²) < 4.78 is 42.1. The molecular formula is C9H14F3NO4.